The lowest BCUT2D eigenvalue weighted by Gasteiger charge is -2.34. The maximum Gasteiger partial charge on any atom is 0.322 e. The molecule has 0 amide bonds. The van der Waals surface area contributed by atoms with E-state index in [4.69, 9.17) is 14.2 Å². The molecule has 2 fully saturated rings. The smallest absolute Gasteiger partial charge is 0.322 e. The number of hydrogen-bond acceptors (Lipinski definition) is 6. The normalized spacial score (nSPS) is 29.7. The second kappa shape index (κ2) is 4.94. The van der Waals surface area contributed by atoms with E-state index >= 15 is 0 Å². The summed E-state index contributed by atoms with van der Waals surface area (Å²) in [6.45, 7) is 2.70. The van der Waals surface area contributed by atoms with Crippen LogP contribution in [0, 0.1) is 23.2 Å². The molecular weight excluding hydrogens is 238 g/mol. The van der Waals surface area contributed by atoms with Gasteiger partial charge in [-0.2, -0.15) is 5.26 Å². The largest absolute Gasteiger partial charge is 0.465 e. The Balaban J connectivity index is 2.24. The van der Waals surface area contributed by atoms with Gasteiger partial charge >= 0.3 is 11.9 Å². The molecule has 6 heteroatoms. The summed E-state index contributed by atoms with van der Waals surface area (Å²) in [7, 11) is 0. The van der Waals surface area contributed by atoms with Crippen molar-refractivity contribution in [2.24, 2.45) is 11.8 Å². The van der Waals surface area contributed by atoms with Gasteiger partial charge in [0.05, 0.1) is 25.9 Å². The average molecular weight is 253 g/mol. The van der Waals surface area contributed by atoms with Crippen molar-refractivity contribution in [3.8, 4) is 6.07 Å². The molecule has 0 aromatic rings. The zero-order valence-electron chi connectivity index (χ0n) is 10.2. The minimum atomic E-state index is -1.12. The van der Waals surface area contributed by atoms with E-state index in [1.807, 2.05) is 6.07 Å². The molecule has 1 spiro atoms. The highest BCUT2D eigenvalue weighted by Gasteiger charge is 2.59. The fraction of sp³-hybridized carbons (Fsp3) is 0.750. The molecular formula is C12H15NO5. The van der Waals surface area contributed by atoms with Gasteiger partial charge in [-0.15, -0.1) is 0 Å². The lowest BCUT2D eigenvalue weighted by atomic mass is 9.77. The van der Waals surface area contributed by atoms with Gasteiger partial charge in [0.25, 0.3) is 0 Å². The first-order valence-corrected chi connectivity index (χ1v) is 6.01. The van der Waals surface area contributed by atoms with Crippen LogP contribution in [-0.2, 0) is 23.8 Å². The van der Waals surface area contributed by atoms with E-state index in [0.29, 0.717) is 26.1 Å². The van der Waals surface area contributed by atoms with Crippen molar-refractivity contribution in [1.82, 2.24) is 0 Å². The van der Waals surface area contributed by atoms with Crippen LogP contribution in [0.4, 0.5) is 0 Å². The molecule has 0 aromatic carbocycles. The molecule has 2 rings (SSSR count). The number of hydrogen-bond donors (Lipinski definition) is 0. The van der Waals surface area contributed by atoms with Gasteiger partial charge in [0.1, 0.15) is 11.5 Å². The Morgan fingerprint density at radius 1 is 1.56 bits per heavy atom. The Morgan fingerprint density at radius 2 is 2.22 bits per heavy atom. The van der Waals surface area contributed by atoms with Crippen molar-refractivity contribution >= 4 is 11.9 Å². The topological polar surface area (TPSA) is 85.6 Å². The quantitative estimate of drug-likeness (QED) is 0.523. The van der Waals surface area contributed by atoms with Crippen molar-refractivity contribution in [3.05, 3.63) is 0 Å². The second-order valence-electron chi connectivity index (χ2n) is 4.43. The minimum Gasteiger partial charge on any atom is -0.465 e. The van der Waals surface area contributed by atoms with Gasteiger partial charge in [0.2, 0.25) is 0 Å². The SMILES string of the molecule is CCOC(=O)[C@@H]1C(=O)OC2(CCOCC2)[C@H]1C#N. The monoisotopic (exact) mass is 253 g/mol. The van der Waals surface area contributed by atoms with Crippen LogP contribution in [0.25, 0.3) is 0 Å². The van der Waals surface area contributed by atoms with Gasteiger partial charge in [0, 0.05) is 12.8 Å². The van der Waals surface area contributed by atoms with E-state index in [2.05, 4.69) is 0 Å². The lowest BCUT2D eigenvalue weighted by molar-refractivity contribution is -0.161. The van der Waals surface area contributed by atoms with E-state index < -0.39 is 29.4 Å². The van der Waals surface area contributed by atoms with Gasteiger partial charge in [-0.1, -0.05) is 0 Å². The van der Waals surface area contributed by atoms with E-state index in [0.717, 1.165) is 0 Å². The minimum absolute atomic E-state index is 0.177. The predicted molar refractivity (Wildman–Crippen MR) is 58.1 cm³/mol. The van der Waals surface area contributed by atoms with Gasteiger partial charge in [-0.25, -0.2) is 0 Å². The van der Waals surface area contributed by atoms with Crippen molar-refractivity contribution in [2.45, 2.75) is 25.4 Å². The lowest BCUT2D eigenvalue weighted by Crippen LogP contribution is -2.43. The van der Waals surface area contributed by atoms with Crippen LogP contribution < -0.4 is 0 Å². The van der Waals surface area contributed by atoms with Gasteiger partial charge in [-0.3, -0.25) is 9.59 Å². The standard InChI is InChI=1S/C12H15NO5/c1-2-17-10(14)9-8(7-13)12(18-11(9)15)3-5-16-6-4-12/h8-9H,2-6H2,1H3/t8-,9+/m0/s1. The number of carbonyl (C=O) groups excluding carboxylic acids is 2. The van der Waals surface area contributed by atoms with Gasteiger partial charge in [-0.05, 0) is 6.92 Å². The highest BCUT2D eigenvalue weighted by atomic mass is 16.6. The predicted octanol–water partition coefficient (Wildman–Crippen LogP) is 0.411. The maximum atomic E-state index is 11.8. The summed E-state index contributed by atoms with van der Waals surface area (Å²) in [5.74, 6) is -3.22. The van der Waals surface area contributed by atoms with Crippen molar-refractivity contribution in [2.75, 3.05) is 19.8 Å². The molecule has 0 unspecified atom stereocenters. The highest BCUT2D eigenvalue weighted by molar-refractivity contribution is 5.97. The average Bonchev–Trinajstić information content (AvgIpc) is 2.62. The molecule has 2 aliphatic rings. The third-order valence-electron chi connectivity index (χ3n) is 3.48. The van der Waals surface area contributed by atoms with Crippen molar-refractivity contribution < 1.29 is 23.8 Å². The highest BCUT2D eigenvalue weighted by Crippen LogP contribution is 2.44. The van der Waals surface area contributed by atoms with Gasteiger partial charge < -0.3 is 14.2 Å². The fourth-order valence-corrected chi connectivity index (χ4v) is 2.55. The molecule has 98 valence electrons. The van der Waals surface area contributed by atoms with Crippen molar-refractivity contribution in [1.29, 1.82) is 5.26 Å². The number of esters is 2. The Hall–Kier alpha value is -1.61. The second-order valence-corrected chi connectivity index (χ2v) is 4.43. The summed E-state index contributed by atoms with van der Waals surface area (Å²) >= 11 is 0. The molecule has 0 bridgehead atoms. The van der Waals surface area contributed by atoms with E-state index in [-0.39, 0.29) is 6.61 Å². The molecule has 0 aromatic heterocycles. The maximum absolute atomic E-state index is 11.8. The summed E-state index contributed by atoms with van der Waals surface area (Å²) in [4.78, 5) is 23.6. The van der Waals surface area contributed by atoms with E-state index in [9.17, 15) is 14.9 Å². The molecule has 2 heterocycles. The number of nitrogens with zero attached hydrogens (tertiary/aromatic N) is 1. The Bertz CT molecular complexity index is 394. The molecule has 0 N–H and O–H groups in total. The number of nitriles is 1. The molecule has 0 saturated carbocycles. The third kappa shape index (κ3) is 1.95. The van der Waals surface area contributed by atoms with Crippen LogP contribution in [0.1, 0.15) is 19.8 Å². The molecule has 2 saturated heterocycles. The molecule has 0 aliphatic carbocycles. The summed E-state index contributed by atoms with van der Waals surface area (Å²) < 4.78 is 15.4. The Labute approximate surface area is 105 Å². The summed E-state index contributed by atoms with van der Waals surface area (Å²) in [5, 5.41) is 9.26. The van der Waals surface area contributed by atoms with Crippen LogP contribution in [-0.4, -0.2) is 37.4 Å². The third-order valence-corrected chi connectivity index (χ3v) is 3.48. The summed E-state index contributed by atoms with van der Waals surface area (Å²) in [6.07, 6.45) is 0.903. The Morgan fingerprint density at radius 3 is 2.78 bits per heavy atom. The van der Waals surface area contributed by atoms with Crippen LogP contribution in [0.3, 0.4) is 0 Å². The van der Waals surface area contributed by atoms with Crippen molar-refractivity contribution in [3.63, 3.8) is 0 Å². The van der Waals surface area contributed by atoms with Crippen LogP contribution in [0.15, 0.2) is 0 Å². The molecule has 2 atom stereocenters. The van der Waals surface area contributed by atoms with E-state index in [1.165, 1.54) is 0 Å². The first-order chi connectivity index (χ1) is 8.64. The fourth-order valence-electron chi connectivity index (χ4n) is 2.55. The first kappa shape index (κ1) is 12.8. The van der Waals surface area contributed by atoms with Crippen LogP contribution >= 0.6 is 0 Å². The number of carbonyl (C=O) groups is 2. The Kier molecular flexibility index (Phi) is 3.53. The summed E-state index contributed by atoms with van der Waals surface area (Å²) in [5.41, 5.74) is -0.874. The summed E-state index contributed by atoms with van der Waals surface area (Å²) in [6, 6.07) is 2.04. The van der Waals surface area contributed by atoms with Crippen LogP contribution in [0.5, 0.6) is 0 Å². The molecule has 2 aliphatic heterocycles. The zero-order valence-corrected chi connectivity index (χ0v) is 10.2. The molecule has 6 nitrogen and oxygen atoms in total. The van der Waals surface area contributed by atoms with Crippen LogP contribution in [0.2, 0.25) is 0 Å². The zero-order chi connectivity index (χ0) is 13.2. The van der Waals surface area contributed by atoms with Gasteiger partial charge in [0.15, 0.2) is 5.92 Å². The molecule has 0 radical (unpaired) electrons. The number of rotatable bonds is 2. The molecule has 18 heavy (non-hydrogen) atoms. The first-order valence-electron chi connectivity index (χ1n) is 6.01. The van der Waals surface area contributed by atoms with E-state index in [1.54, 1.807) is 6.92 Å². The number of ether oxygens (including phenoxy) is 3.